The average Bonchev–Trinajstić information content (AvgIpc) is 2.55. The Hall–Kier alpha value is -1.39. The van der Waals surface area contributed by atoms with Crippen LogP contribution < -0.4 is 10.6 Å². The van der Waals surface area contributed by atoms with E-state index in [2.05, 4.69) is 46.7 Å². The van der Waals surface area contributed by atoms with E-state index in [9.17, 15) is 4.79 Å². The maximum absolute atomic E-state index is 12.4. The Morgan fingerprint density at radius 2 is 2.00 bits per heavy atom. The lowest BCUT2D eigenvalue weighted by Crippen LogP contribution is -2.52. The van der Waals surface area contributed by atoms with Crippen LogP contribution in [0.3, 0.4) is 0 Å². The summed E-state index contributed by atoms with van der Waals surface area (Å²) in [5.41, 5.74) is 2.62. The second-order valence-electron chi connectivity index (χ2n) is 6.12. The number of nitrogens with one attached hydrogen (secondary N) is 2. The summed E-state index contributed by atoms with van der Waals surface area (Å²) in [4.78, 5) is 14.9. The zero-order chi connectivity index (χ0) is 14.7. The lowest BCUT2D eigenvalue weighted by Gasteiger charge is -2.33. The first kappa shape index (κ1) is 14.5. The molecular formula is C17H25N3O. The van der Waals surface area contributed by atoms with Crippen molar-refractivity contribution in [2.75, 3.05) is 19.6 Å². The Kier molecular flexibility index (Phi) is 4.56. The lowest BCUT2D eigenvalue weighted by molar-refractivity contribution is -0.124. The smallest absolute Gasteiger partial charge is 0.237 e. The Labute approximate surface area is 126 Å². The molecular weight excluding hydrogens is 262 g/mol. The van der Waals surface area contributed by atoms with Gasteiger partial charge in [-0.1, -0.05) is 31.2 Å². The number of nitrogens with zero attached hydrogens (tertiary/aromatic N) is 1. The minimum Gasteiger partial charge on any atom is -0.352 e. The molecule has 0 saturated carbocycles. The normalized spacial score (nSPS) is 23.6. The van der Waals surface area contributed by atoms with E-state index in [1.807, 2.05) is 0 Å². The molecule has 1 atom stereocenters. The van der Waals surface area contributed by atoms with Crippen molar-refractivity contribution in [3.63, 3.8) is 0 Å². The summed E-state index contributed by atoms with van der Waals surface area (Å²) < 4.78 is 0. The minimum atomic E-state index is -0.0795. The van der Waals surface area contributed by atoms with Gasteiger partial charge >= 0.3 is 0 Å². The molecule has 0 spiro atoms. The van der Waals surface area contributed by atoms with Gasteiger partial charge in [-0.05, 0) is 36.9 Å². The van der Waals surface area contributed by atoms with Crippen LogP contribution in [0.15, 0.2) is 24.3 Å². The molecule has 0 aromatic heterocycles. The van der Waals surface area contributed by atoms with Crippen LogP contribution >= 0.6 is 0 Å². The van der Waals surface area contributed by atoms with Gasteiger partial charge in [0.15, 0.2) is 0 Å². The van der Waals surface area contributed by atoms with Gasteiger partial charge in [-0.25, -0.2) is 0 Å². The van der Waals surface area contributed by atoms with Gasteiger partial charge in [0.25, 0.3) is 0 Å². The van der Waals surface area contributed by atoms with Gasteiger partial charge in [0.05, 0.1) is 6.04 Å². The number of benzene rings is 1. The van der Waals surface area contributed by atoms with Crippen LogP contribution in [-0.4, -0.2) is 42.5 Å². The standard InChI is InChI=1S/C17H25N3O/c1-2-20-9-7-15(8-10-20)19-17(21)16-11-13-5-3-4-6-14(13)12-18-16/h3-6,15-16,18H,2,7-12H2,1H3,(H,19,21)/t16-/m1/s1. The van der Waals surface area contributed by atoms with Gasteiger partial charge < -0.3 is 15.5 Å². The summed E-state index contributed by atoms with van der Waals surface area (Å²) in [5.74, 6) is 0.166. The third kappa shape index (κ3) is 3.44. The highest BCUT2D eigenvalue weighted by Gasteiger charge is 2.26. The number of carbonyl (C=O) groups excluding carboxylic acids is 1. The summed E-state index contributed by atoms with van der Waals surface area (Å²) in [6.45, 7) is 6.30. The molecule has 4 heteroatoms. The van der Waals surface area contributed by atoms with E-state index in [0.717, 1.165) is 45.4 Å². The molecule has 3 rings (SSSR count). The first-order valence-corrected chi connectivity index (χ1v) is 8.09. The number of piperidine rings is 1. The first-order chi connectivity index (χ1) is 10.3. The molecule has 0 radical (unpaired) electrons. The molecule has 1 fully saturated rings. The molecule has 2 N–H and O–H groups in total. The van der Waals surface area contributed by atoms with E-state index in [0.29, 0.717) is 6.04 Å². The van der Waals surface area contributed by atoms with Crippen LogP contribution in [0.1, 0.15) is 30.9 Å². The molecule has 2 heterocycles. The topological polar surface area (TPSA) is 44.4 Å². The molecule has 2 aliphatic rings. The molecule has 114 valence electrons. The van der Waals surface area contributed by atoms with Crippen LogP contribution in [0.4, 0.5) is 0 Å². The fourth-order valence-electron chi connectivity index (χ4n) is 3.34. The minimum absolute atomic E-state index is 0.0795. The monoisotopic (exact) mass is 287 g/mol. The Morgan fingerprint density at radius 3 is 2.71 bits per heavy atom. The molecule has 0 bridgehead atoms. The molecule has 1 aromatic carbocycles. The van der Waals surface area contributed by atoms with Crippen molar-refractivity contribution in [3.8, 4) is 0 Å². The van der Waals surface area contributed by atoms with Crippen molar-refractivity contribution in [2.24, 2.45) is 0 Å². The first-order valence-electron chi connectivity index (χ1n) is 8.09. The van der Waals surface area contributed by atoms with E-state index >= 15 is 0 Å². The van der Waals surface area contributed by atoms with Crippen molar-refractivity contribution in [1.29, 1.82) is 0 Å². The third-order valence-electron chi connectivity index (χ3n) is 4.78. The fraction of sp³-hybridized carbons (Fsp3) is 0.588. The van der Waals surface area contributed by atoms with Crippen LogP contribution in [0, 0.1) is 0 Å². The Bertz CT molecular complexity index is 495. The van der Waals surface area contributed by atoms with E-state index in [1.54, 1.807) is 0 Å². The van der Waals surface area contributed by atoms with Crippen LogP contribution in [-0.2, 0) is 17.8 Å². The molecule has 1 amide bonds. The van der Waals surface area contributed by atoms with Crippen molar-refractivity contribution < 1.29 is 4.79 Å². The number of fused-ring (bicyclic) bond motifs is 1. The number of rotatable bonds is 3. The van der Waals surface area contributed by atoms with Crippen molar-refractivity contribution in [3.05, 3.63) is 35.4 Å². The molecule has 2 aliphatic heterocycles. The van der Waals surface area contributed by atoms with Crippen LogP contribution in [0.25, 0.3) is 0 Å². The fourth-order valence-corrected chi connectivity index (χ4v) is 3.34. The highest BCUT2D eigenvalue weighted by atomic mass is 16.2. The van der Waals surface area contributed by atoms with Crippen molar-refractivity contribution in [1.82, 2.24) is 15.5 Å². The summed E-state index contributed by atoms with van der Waals surface area (Å²) in [6, 6.07) is 8.65. The molecule has 0 unspecified atom stereocenters. The van der Waals surface area contributed by atoms with Gasteiger partial charge in [-0.15, -0.1) is 0 Å². The largest absolute Gasteiger partial charge is 0.352 e. The predicted octanol–water partition coefficient (Wildman–Crippen LogP) is 1.30. The van der Waals surface area contributed by atoms with E-state index in [4.69, 9.17) is 0 Å². The quantitative estimate of drug-likeness (QED) is 0.881. The second kappa shape index (κ2) is 6.58. The van der Waals surface area contributed by atoms with E-state index < -0.39 is 0 Å². The summed E-state index contributed by atoms with van der Waals surface area (Å²) in [7, 11) is 0. The molecule has 21 heavy (non-hydrogen) atoms. The number of hydrogen-bond acceptors (Lipinski definition) is 3. The average molecular weight is 287 g/mol. The molecule has 0 aliphatic carbocycles. The van der Waals surface area contributed by atoms with Gasteiger partial charge in [0, 0.05) is 25.7 Å². The maximum atomic E-state index is 12.4. The molecule has 4 nitrogen and oxygen atoms in total. The SMILES string of the molecule is CCN1CCC(NC(=O)[C@H]2Cc3ccccc3CN2)CC1. The Morgan fingerprint density at radius 1 is 1.29 bits per heavy atom. The highest BCUT2D eigenvalue weighted by molar-refractivity contribution is 5.82. The zero-order valence-corrected chi connectivity index (χ0v) is 12.8. The summed E-state index contributed by atoms with van der Waals surface area (Å²) >= 11 is 0. The third-order valence-corrected chi connectivity index (χ3v) is 4.78. The zero-order valence-electron chi connectivity index (χ0n) is 12.8. The van der Waals surface area contributed by atoms with Gasteiger partial charge in [0.2, 0.25) is 5.91 Å². The van der Waals surface area contributed by atoms with Crippen molar-refractivity contribution in [2.45, 2.75) is 44.8 Å². The second-order valence-corrected chi connectivity index (χ2v) is 6.12. The van der Waals surface area contributed by atoms with Gasteiger partial charge in [-0.2, -0.15) is 0 Å². The number of hydrogen-bond donors (Lipinski definition) is 2. The highest BCUT2D eigenvalue weighted by Crippen LogP contribution is 2.17. The number of likely N-dealkylation sites (tertiary alicyclic amines) is 1. The van der Waals surface area contributed by atoms with E-state index in [1.165, 1.54) is 11.1 Å². The summed E-state index contributed by atoms with van der Waals surface area (Å²) in [5, 5.41) is 6.60. The molecule has 1 saturated heterocycles. The summed E-state index contributed by atoms with van der Waals surface area (Å²) in [6.07, 6.45) is 2.95. The van der Waals surface area contributed by atoms with Crippen LogP contribution in [0.2, 0.25) is 0 Å². The van der Waals surface area contributed by atoms with Crippen LogP contribution in [0.5, 0.6) is 0 Å². The van der Waals surface area contributed by atoms with Crippen molar-refractivity contribution >= 4 is 5.91 Å². The predicted molar refractivity (Wildman–Crippen MR) is 84.1 cm³/mol. The lowest BCUT2D eigenvalue weighted by atomic mass is 9.95. The molecule has 1 aromatic rings. The maximum Gasteiger partial charge on any atom is 0.237 e. The van der Waals surface area contributed by atoms with E-state index in [-0.39, 0.29) is 11.9 Å². The number of carbonyl (C=O) groups is 1. The van der Waals surface area contributed by atoms with Gasteiger partial charge in [0.1, 0.15) is 0 Å². The Balaban J connectivity index is 1.53. The van der Waals surface area contributed by atoms with Gasteiger partial charge in [-0.3, -0.25) is 4.79 Å². The number of amides is 1.